The Labute approximate surface area is 209 Å². The molecule has 1 aromatic heterocycles. The third-order valence-corrected chi connectivity index (χ3v) is 7.73. The zero-order chi connectivity index (χ0) is 24.4. The van der Waals surface area contributed by atoms with Crippen LogP contribution in [-0.4, -0.2) is 47.9 Å². The van der Waals surface area contributed by atoms with Gasteiger partial charge in [0.15, 0.2) is 0 Å². The molecule has 2 amide bonds. The van der Waals surface area contributed by atoms with Crippen molar-refractivity contribution in [2.45, 2.75) is 32.2 Å². The number of carbonyl (C=O) groups is 2. The van der Waals surface area contributed by atoms with Crippen LogP contribution in [0, 0.1) is 18.7 Å². The van der Waals surface area contributed by atoms with E-state index in [2.05, 4.69) is 11.4 Å². The van der Waals surface area contributed by atoms with Crippen LogP contribution in [0.4, 0.5) is 4.39 Å². The van der Waals surface area contributed by atoms with Gasteiger partial charge in [-0.15, -0.1) is 11.3 Å². The molecule has 2 aromatic carbocycles. The fraction of sp³-hybridized carbons (Fsp3) is 0.357. The maximum absolute atomic E-state index is 14.4. The van der Waals surface area contributed by atoms with Gasteiger partial charge < -0.3 is 14.5 Å². The number of amides is 2. The fourth-order valence-corrected chi connectivity index (χ4v) is 5.50. The summed E-state index contributed by atoms with van der Waals surface area (Å²) in [6.45, 7) is 3.34. The molecule has 3 aromatic rings. The van der Waals surface area contributed by atoms with Crippen LogP contribution in [0.1, 0.15) is 45.2 Å². The van der Waals surface area contributed by atoms with Gasteiger partial charge in [0.25, 0.3) is 5.91 Å². The Kier molecular flexibility index (Phi) is 6.86. The monoisotopic (exact) mass is 492 g/mol. The van der Waals surface area contributed by atoms with Crippen molar-refractivity contribution >= 4 is 23.2 Å². The Balaban J connectivity index is 1.34. The van der Waals surface area contributed by atoms with Gasteiger partial charge in [0.2, 0.25) is 5.91 Å². The average molecular weight is 493 g/mol. The topological polar surface area (TPSA) is 49.9 Å². The highest BCUT2D eigenvalue weighted by molar-refractivity contribution is 7.10. The van der Waals surface area contributed by atoms with E-state index in [1.165, 1.54) is 21.9 Å². The molecule has 1 aliphatic carbocycles. The van der Waals surface area contributed by atoms with Crippen LogP contribution >= 0.6 is 11.3 Å². The van der Waals surface area contributed by atoms with E-state index in [1.807, 2.05) is 36.1 Å². The van der Waals surface area contributed by atoms with Crippen molar-refractivity contribution in [3.8, 4) is 5.75 Å². The molecule has 2 heterocycles. The highest BCUT2D eigenvalue weighted by Crippen LogP contribution is 2.35. The van der Waals surface area contributed by atoms with Crippen molar-refractivity contribution in [1.82, 2.24) is 9.80 Å². The standard InChI is InChI=1S/C28H29FN2O3S/c1-19-6-10-21(11-7-19)34-18-25-23-13-15-35-26(23)12-14-31(25)27(32)17-30(16-20-8-9-20)28(33)22-4-2-3-5-24(22)29/h2-7,10-11,13,15,20,25H,8-9,12,14,16-18H2,1H3. The lowest BCUT2D eigenvalue weighted by molar-refractivity contribution is -0.135. The molecule has 5 nitrogen and oxygen atoms in total. The predicted octanol–water partition coefficient (Wildman–Crippen LogP) is 5.25. The summed E-state index contributed by atoms with van der Waals surface area (Å²) in [5.74, 6) is 0.0178. The SMILES string of the molecule is Cc1ccc(OCC2c3ccsc3CCN2C(=O)CN(CC2CC2)C(=O)c2ccccc2F)cc1. The Morgan fingerprint density at radius 1 is 1.11 bits per heavy atom. The number of benzene rings is 2. The summed E-state index contributed by atoms with van der Waals surface area (Å²) in [7, 11) is 0. The number of fused-ring (bicyclic) bond motifs is 1. The molecule has 0 saturated heterocycles. The average Bonchev–Trinajstić information content (AvgIpc) is 3.55. The molecule has 0 N–H and O–H groups in total. The van der Waals surface area contributed by atoms with E-state index in [-0.39, 0.29) is 24.1 Å². The number of carbonyl (C=O) groups excluding carboxylic acids is 2. The number of hydrogen-bond donors (Lipinski definition) is 0. The normalized spacial score (nSPS) is 17.1. The maximum Gasteiger partial charge on any atom is 0.257 e. The number of halogens is 1. The number of ether oxygens (including phenoxy) is 1. The van der Waals surface area contributed by atoms with Crippen LogP contribution in [0.5, 0.6) is 5.75 Å². The van der Waals surface area contributed by atoms with E-state index in [4.69, 9.17) is 4.74 Å². The third kappa shape index (κ3) is 5.40. The van der Waals surface area contributed by atoms with Crippen LogP contribution in [0.2, 0.25) is 0 Å². The van der Waals surface area contributed by atoms with Crippen molar-refractivity contribution in [2.24, 2.45) is 5.92 Å². The Bertz CT molecular complexity index is 1200. The first kappa shape index (κ1) is 23.5. The van der Waals surface area contributed by atoms with Crippen molar-refractivity contribution in [3.63, 3.8) is 0 Å². The Morgan fingerprint density at radius 3 is 2.63 bits per heavy atom. The first-order valence-electron chi connectivity index (χ1n) is 12.1. The summed E-state index contributed by atoms with van der Waals surface area (Å²) in [6.07, 6.45) is 2.85. The quantitative estimate of drug-likeness (QED) is 0.431. The molecule has 1 unspecified atom stereocenters. The van der Waals surface area contributed by atoms with Crippen LogP contribution < -0.4 is 4.74 Å². The molecular weight excluding hydrogens is 463 g/mol. The van der Waals surface area contributed by atoms with Crippen LogP contribution in [0.25, 0.3) is 0 Å². The lowest BCUT2D eigenvalue weighted by atomic mass is 10.00. The Hall–Kier alpha value is -3.19. The second-order valence-electron chi connectivity index (χ2n) is 9.39. The van der Waals surface area contributed by atoms with Gasteiger partial charge in [-0.3, -0.25) is 9.59 Å². The van der Waals surface area contributed by atoms with Gasteiger partial charge in [-0.2, -0.15) is 0 Å². The van der Waals surface area contributed by atoms with Gasteiger partial charge in [0.05, 0.1) is 11.6 Å². The van der Waals surface area contributed by atoms with Crippen molar-refractivity contribution in [2.75, 3.05) is 26.2 Å². The number of nitrogens with zero attached hydrogens (tertiary/aromatic N) is 2. The van der Waals surface area contributed by atoms with E-state index in [0.717, 1.165) is 36.1 Å². The molecule has 7 heteroatoms. The maximum atomic E-state index is 14.4. The second kappa shape index (κ2) is 10.2. The van der Waals surface area contributed by atoms with E-state index in [9.17, 15) is 14.0 Å². The van der Waals surface area contributed by atoms with Gasteiger partial charge in [0, 0.05) is 18.0 Å². The molecule has 0 bridgehead atoms. The first-order valence-corrected chi connectivity index (χ1v) is 13.0. The van der Waals surface area contributed by atoms with Gasteiger partial charge in [-0.05, 0) is 73.4 Å². The minimum atomic E-state index is -0.559. The number of hydrogen-bond acceptors (Lipinski definition) is 4. The Morgan fingerprint density at radius 2 is 1.89 bits per heavy atom. The van der Waals surface area contributed by atoms with Crippen molar-refractivity contribution < 1.29 is 18.7 Å². The number of thiophene rings is 1. The summed E-state index contributed by atoms with van der Waals surface area (Å²) in [5.41, 5.74) is 2.28. The predicted molar refractivity (Wildman–Crippen MR) is 134 cm³/mol. The summed E-state index contributed by atoms with van der Waals surface area (Å²) in [5, 5.41) is 2.05. The molecule has 182 valence electrons. The molecule has 0 radical (unpaired) electrons. The molecule has 2 aliphatic rings. The zero-order valence-corrected chi connectivity index (χ0v) is 20.6. The lowest BCUT2D eigenvalue weighted by Crippen LogP contribution is -2.48. The summed E-state index contributed by atoms with van der Waals surface area (Å²) < 4.78 is 20.5. The number of rotatable bonds is 8. The largest absolute Gasteiger partial charge is 0.491 e. The fourth-order valence-electron chi connectivity index (χ4n) is 4.57. The van der Waals surface area contributed by atoms with E-state index < -0.39 is 11.7 Å². The highest BCUT2D eigenvalue weighted by atomic mass is 32.1. The van der Waals surface area contributed by atoms with E-state index in [1.54, 1.807) is 23.5 Å². The van der Waals surface area contributed by atoms with Crippen molar-refractivity contribution in [3.05, 3.63) is 87.4 Å². The van der Waals surface area contributed by atoms with Crippen LogP contribution in [0.15, 0.2) is 60.0 Å². The van der Waals surface area contributed by atoms with Gasteiger partial charge >= 0.3 is 0 Å². The minimum absolute atomic E-state index is 0.0129. The van der Waals surface area contributed by atoms with E-state index in [0.29, 0.717) is 25.6 Å². The highest BCUT2D eigenvalue weighted by Gasteiger charge is 2.35. The summed E-state index contributed by atoms with van der Waals surface area (Å²) in [6, 6.07) is 15.7. The molecule has 1 atom stereocenters. The molecular formula is C28H29FN2O3S. The molecule has 35 heavy (non-hydrogen) atoms. The summed E-state index contributed by atoms with van der Waals surface area (Å²) in [4.78, 5) is 31.5. The molecule has 0 spiro atoms. The second-order valence-corrected chi connectivity index (χ2v) is 10.4. The van der Waals surface area contributed by atoms with Crippen molar-refractivity contribution in [1.29, 1.82) is 0 Å². The first-order chi connectivity index (χ1) is 17.0. The van der Waals surface area contributed by atoms with Crippen LogP contribution in [-0.2, 0) is 11.2 Å². The minimum Gasteiger partial charge on any atom is -0.491 e. The number of aryl methyl sites for hydroxylation is 1. The van der Waals surface area contributed by atoms with E-state index >= 15 is 0 Å². The third-order valence-electron chi connectivity index (χ3n) is 6.74. The molecule has 1 fully saturated rings. The molecule has 1 saturated carbocycles. The molecule has 5 rings (SSSR count). The lowest BCUT2D eigenvalue weighted by Gasteiger charge is -2.37. The smallest absolute Gasteiger partial charge is 0.257 e. The zero-order valence-electron chi connectivity index (χ0n) is 19.8. The van der Waals surface area contributed by atoms with Crippen LogP contribution in [0.3, 0.4) is 0 Å². The summed E-state index contributed by atoms with van der Waals surface area (Å²) >= 11 is 1.70. The van der Waals surface area contributed by atoms with Gasteiger partial charge in [-0.25, -0.2) is 4.39 Å². The molecule has 1 aliphatic heterocycles. The van der Waals surface area contributed by atoms with Gasteiger partial charge in [0.1, 0.15) is 24.7 Å². The van der Waals surface area contributed by atoms with Gasteiger partial charge in [-0.1, -0.05) is 29.8 Å².